The van der Waals surface area contributed by atoms with Crippen LogP contribution in [0.5, 0.6) is 0 Å². The van der Waals surface area contributed by atoms with E-state index in [0.717, 1.165) is 11.4 Å². The molecule has 1 aromatic rings. The molecule has 0 unspecified atom stereocenters. The van der Waals surface area contributed by atoms with Crippen molar-refractivity contribution in [2.24, 2.45) is 0 Å². The van der Waals surface area contributed by atoms with Crippen LogP contribution in [0.2, 0.25) is 0 Å². The molecule has 0 spiro atoms. The van der Waals surface area contributed by atoms with Crippen LogP contribution in [0.25, 0.3) is 0 Å². The van der Waals surface area contributed by atoms with Crippen LogP contribution in [0.1, 0.15) is 39.2 Å². The fourth-order valence-corrected chi connectivity index (χ4v) is 4.69. The number of benzene rings is 1. The molecule has 44 heavy (non-hydrogen) atoms. The van der Waals surface area contributed by atoms with Crippen LogP contribution >= 0.6 is 0 Å². The topological polar surface area (TPSA) is 146 Å². The number of nitrogens with zero attached hydrogens (tertiary/aromatic N) is 2. The van der Waals surface area contributed by atoms with Crippen molar-refractivity contribution < 1.29 is 52.3 Å². The summed E-state index contributed by atoms with van der Waals surface area (Å²) in [5.41, 5.74) is 2.68. The SMILES string of the molecule is CC(=O)OCCN(CCOC(C)=O)c1ccc(C2C(=O)C(=C3C=CC(=[N+](CCOC(C)=O)CCOC(C)=O)C=C3)C2=O)cc1. The summed E-state index contributed by atoms with van der Waals surface area (Å²) in [6.45, 7) is 7.29. The van der Waals surface area contributed by atoms with Gasteiger partial charge in [-0.05, 0) is 35.4 Å². The van der Waals surface area contributed by atoms with Crippen molar-refractivity contribution >= 4 is 46.8 Å². The lowest BCUT2D eigenvalue weighted by atomic mass is 9.70. The first kappa shape index (κ1) is 33.6. The molecule has 0 heterocycles. The highest BCUT2D eigenvalue weighted by molar-refractivity contribution is 6.42. The van der Waals surface area contributed by atoms with Crippen molar-refractivity contribution in [2.75, 3.05) is 57.5 Å². The van der Waals surface area contributed by atoms with Gasteiger partial charge in [-0.3, -0.25) is 28.8 Å². The summed E-state index contributed by atoms with van der Waals surface area (Å²) < 4.78 is 22.0. The van der Waals surface area contributed by atoms with E-state index in [1.54, 1.807) is 48.6 Å². The number of hydrogen-bond donors (Lipinski definition) is 0. The van der Waals surface area contributed by atoms with E-state index in [-0.39, 0.29) is 43.6 Å². The number of ketones is 2. The fourth-order valence-electron chi connectivity index (χ4n) is 4.69. The summed E-state index contributed by atoms with van der Waals surface area (Å²) in [6.07, 6.45) is 6.89. The van der Waals surface area contributed by atoms with Gasteiger partial charge in [0.15, 0.2) is 30.4 Å². The molecular formula is C32H37N2O10+. The second-order valence-corrected chi connectivity index (χ2v) is 10.0. The Morgan fingerprint density at radius 2 is 1.09 bits per heavy atom. The van der Waals surface area contributed by atoms with E-state index in [2.05, 4.69) is 0 Å². The van der Waals surface area contributed by atoms with Gasteiger partial charge in [0, 0.05) is 45.5 Å². The number of anilines is 1. The first-order valence-electron chi connectivity index (χ1n) is 14.2. The molecule has 12 heteroatoms. The standard InChI is InChI=1S/C32H37N2O10/c1-21(35)41-17-13-33(14-18-42-22(2)36)27-9-5-25(6-10-27)29-31(39)30(32(29)40)26-7-11-28(12-8-26)34(15-19-43-23(3)37)16-20-44-24(4)38/h5-12,29H,13-20H2,1-4H3/q+1. The maximum atomic E-state index is 13.2. The molecule has 12 nitrogen and oxygen atoms in total. The number of ether oxygens (including phenoxy) is 4. The fraction of sp³-hybridized carbons (Fsp3) is 0.406. The lowest BCUT2D eigenvalue weighted by Crippen LogP contribution is -2.40. The number of hydrogen-bond acceptors (Lipinski definition) is 11. The smallest absolute Gasteiger partial charge is 0.302 e. The summed E-state index contributed by atoms with van der Waals surface area (Å²) in [5.74, 6) is -3.08. The minimum absolute atomic E-state index is 0.126. The molecule has 0 saturated heterocycles. The van der Waals surface area contributed by atoms with Gasteiger partial charge in [0.25, 0.3) is 0 Å². The molecule has 0 aliphatic heterocycles. The quantitative estimate of drug-likeness (QED) is 0.0761. The van der Waals surface area contributed by atoms with Gasteiger partial charge in [-0.1, -0.05) is 12.1 Å². The van der Waals surface area contributed by atoms with Crippen LogP contribution in [-0.4, -0.2) is 98.3 Å². The maximum absolute atomic E-state index is 13.2. The first-order valence-corrected chi connectivity index (χ1v) is 14.2. The molecule has 0 radical (unpaired) electrons. The second kappa shape index (κ2) is 16.1. The third-order valence-corrected chi connectivity index (χ3v) is 6.80. The molecule has 0 aromatic heterocycles. The van der Waals surface area contributed by atoms with Crippen LogP contribution < -0.4 is 4.90 Å². The lowest BCUT2D eigenvalue weighted by Gasteiger charge is -2.29. The Morgan fingerprint density at radius 3 is 1.52 bits per heavy atom. The summed E-state index contributed by atoms with van der Waals surface area (Å²) >= 11 is 0. The molecule has 0 N–H and O–H groups in total. The first-order chi connectivity index (χ1) is 21.0. The third-order valence-electron chi connectivity index (χ3n) is 6.80. The summed E-state index contributed by atoms with van der Waals surface area (Å²) in [6, 6.07) is 6.96. The Kier molecular flexibility index (Phi) is 12.3. The van der Waals surface area contributed by atoms with Crippen molar-refractivity contribution in [1.29, 1.82) is 0 Å². The molecule has 3 rings (SSSR count). The van der Waals surface area contributed by atoms with E-state index >= 15 is 0 Å². The monoisotopic (exact) mass is 609 g/mol. The largest absolute Gasteiger partial charge is 0.464 e. The number of allylic oxidation sites excluding steroid dienone is 6. The predicted octanol–water partition coefficient (Wildman–Crippen LogP) is 1.86. The number of Topliss-reactive ketones (excluding diaryl/α,β-unsaturated/α-hetero) is 2. The van der Waals surface area contributed by atoms with E-state index in [0.29, 0.717) is 37.3 Å². The third kappa shape index (κ3) is 9.58. The molecule has 2 aliphatic carbocycles. The molecule has 2 aliphatic rings. The molecule has 0 bridgehead atoms. The number of carbonyl (C=O) groups excluding carboxylic acids is 6. The van der Waals surface area contributed by atoms with Gasteiger partial charge >= 0.3 is 23.9 Å². The molecule has 234 valence electrons. The maximum Gasteiger partial charge on any atom is 0.302 e. The highest BCUT2D eigenvalue weighted by atomic mass is 16.5. The van der Waals surface area contributed by atoms with Gasteiger partial charge in [0.2, 0.25) is 0 Å². The minimum Gasteiger partial charge on any atom is -0.464 e. The van der Waals surface area contributed by atoms with Gasteiger partial charge < -0.3 is 23.8 Å². The average Bonchev–Trinajstić information content (AvgIpc) is 2.96. The van der Waals surface area contributed by atoms with E-state index in [1.165, 1.54) is 27.7 Å². The Bertz CT molecular complexity index is 1340. The zero-order valence-electron chi connectivity index (χ0n) is 25.3. The van der Waals surface area contributed by atoms with Gasteiger partial charge in [0.05, 0.1) is 18.7 Å². The number of esters is 4. The van der Waals surface area contributed by atoms with Gasteiger partial charge in [0.1, 0.15) is 32.3 Å². The average molecular weight is 610 g/mol. The molecule has 1 fully saturated rings. The Hall–Kier alpha value is -4.87. The highest BCUT2D eigenvalue weighted by Gasteiger charge is 2.46. The van der Waals surface area contributed by atoms with Crippen molar-refractivity contribution in [3.8, 4) is 0 Å². The van der Waals surface area contributed by atoms with Gasteiger partial charge in [-0.15, -0.1) is 0 Å². The van der Waals surface area contributed by atoms with Crippen molar-refractivity contribution in [3.63, 3.8) is 0 Å². The second-order valence-electron chi connectivity index (χ2n) is 10.0. The molecule has 1 aromatic carbocycles. The normalized spacial score (nSPS) is 15.5. The highest BCUT2D eigenvalue weighted by Crippen LogP contribution is 2.37. The van der Waals surface area contributed by atoms with Crippen molar-refractivity contribution in [3.05, 3.63) is 65.3 Å². The zero-order chi connectivity index (χ0) is 32.2. The van der Waals surface area contributed by atoms with E-state index in [4.69, 9.17) is 18.9 Å². The Labute approximate surface area is 255 Å². The lowest BCUT2D eigenvalue weighted by molar-refractivity contribution is -0.530. The van der Waals surface area contributed by atoms with Crippen LogP contribution in [0.3, 0.4) is 0 Å². The van der Waals surface area contributed by atoms with Crippen LogP contribution in [0.15, 0.2) is 59.7 Å². The van der Waals surface area contributed by atoms with Gasteiger partial charge in [-0.2, -0.15) is 0 Å². The van der Waals surface area contributed by atoms with Gasteiger partial charge in [-0.25, -0.2) is 4.58 Å². The summed E-state index contributed by atoms with van der Waals surface area (Å²) in [5, 5.41) is 0. The Balaban J connectivity index is 1.72. The zero-order valence-corrected chi connectivity index (χ0v) is 25.3. The summed E-state index contributed by atoms with van der Waals surface area (Å²) in [7, 11) is 0. The van der Waals surface area contributed by atoms with Crippen molar-refractivity contribution in [1.82, 2.24) is 0 Å². The Morgan fingerprint density at radius 1 is 0.659 bits per heavy atom. The minimum atomic E-state index is -0.904. The number of rotatable bonds is 14. The number of carbonyl (C=O) groups is 6. The van der Waals surface area contributed by atoms with Crippen LogP contribution in [0.4, 0.5) is 5.69 Å². The van der Waals surface area contributed by atoms with Crippen molar-refractivity contribution in [2.45, 2.75) is 33.6 Å². The van der Waals surface area contributed by atoms with E-state index in [1.807, 2.05) is 9.48 Å². The molecule has 0 amide bonds. The van der Waals surface area contributed by atoms with Crippen LogP contribution in [-0.2, 0) is 47.7 Å². The summed E-state index contributed by atoms with van der Waals surface area (Å²) in [4.78, 5) is 72.9. The molecular weight excluding hydrogens is 572 g/mol. The molecule has 0 atom stereocenters. The van der Waals surface area contributed by atoms with E-state index < -0.39 is 29.8 Å². The predicted molar refractivity (Wildman–Crippen MR) is 158 cm³/mol. The van der Waals surface area contributed by atoms with Crippen LogP contribution in [0, 0.1) is 0 Å². The molecule has 1 saturated carbocycles. The van der Waals surface area contributed by atoms with E-state index in [9.17, 15) is 28.8 Å².